The largest absolute Gasteiger partial charge is 0.351 e. The molecule has 0 saturated carbocycles. The Balaban J connectivity index is 0.00000441. The van der Waals surface area contributed by atoms with Gasteiger partial charge in [0, 0.05) is 26.2 Å². The summed E-state index contributed by atoms with van der Waals surface area (Å²) in [7, 11) is 3.43. The molecule has 0 heterocycles. The normalized spacial score (nSPS) is 12.8. The van der Waals surface area contributed by atoms with Gasteiger partial charge in [0.2, 0.25) is 5.91 Å². The van der Waals surface area contributed by atoms with Gasteiger partial charge in [0.15, 0.2) is 0 Å². The lowest BCUT2D eigenvalue weighted by molar-refractivity contribution is -0.123. The average molecular weight is 328 g/mol. The van der Waals surface area contributed by atoms with E-state index < -0.39 is 6.04 Å². The molecule has 0 aromatic heterocycles. The highest BCUT2D eigenvalue weighted by Gasteiger charge is 2.18. The standard InChI is InChI=1S/C16H25N3O2.ClH/c1-5-11(2)14(17)15(20)18-10-12-6-8-13(9-7-12)16(21)19(3)4;/h6-9,11,14H,5,10,17H2,1-4H3,(H,18,20);1H. The lowest BCUT2D eigenvalue weighted by Crippen LogP contribution is -2.44. The van der Waals surface area contributed by atoms with E-state index in [1.165, 1.54) is 4.90 Å². The van der Waals surface area contributed by atoms with Crippen molar-refractivity contribution in [2.45, 2.75) is 32.9 Å². The zero-order valence-corrected chi connectivity index (χ0v) is 14.4. The Labute approximate surface area is 138 Å². The number of benzene rings is 1. The lowest BCUT2D eigenvalue weighted by Gasteiger charge is -2.17. The first-order valence-electron chi connectivity index (χ1n) is 7.20. The third kappa shape index (κ3) is 5.66. The van der Waals surface area contributed by atoms with Crippen molar-refractivity contribution in [3.63, 3.8) is 0 Å². The molecule has 6 heteroatoms. The van der Waals surface area contributed by atoms with Gasteiger partial charge in [0.25, 0.3) is 5.91 Å². The van der Waals surface area contributed by atoms with E-state index in [9.17, 15) is 9.59 Å². The van der Waals surface area contributed by atoms with Gasteiger partial charge in [0.1, 0.15) is 0 Å². The number of amides is 2. The van der Waals surface area contributed by atoms with Crippen LogP contribution in [0, 0.1) is 5.92 Å². The van der Waals surface area contributed by atoms with Gasteiger partial charge < -0.3 is 16.0 Å². The van der Waals surface area contributed by atoms with Crippen LogP contribution >= 0.6 is 12.4 Å². The van der Waals surface area contributed by atoms with E-state index in [4.69, 9.17) is 5.73 Å². The summed E-state index contributed by atoms with van der Waals surface area (Å²) in [6.07, 6.45) is 0.871. The molecule has 1 aromatic rings. The van der Waals surface area contributed by atoms with Crippen molar-refractivity contribution < 1.29 is 9.59 Å². The summed E-state index contributed by atoms with van der Waals surface area (Å²) in [5.74, 6) is -0.0211. The van der Waals surface area contributed by atoms with E-state index in [0.717, 1.165) is 12.0 Å². The van der Waals surface area contributed by atoms with Gasteiger partial charge in [-0.1, -0.05) is 32.4 Å². The molecule has 0 aliphatic heterocycles. The fourth-order valence-corrected chi connectivity index (χ4v) is 1.84. The van der Waals surface area contributed by atoms with Gasteiger partial charge in [0.05, 0.1) is 6.04 Å². The van der Waals surface area contributed by atoms with Crippen LogP contribution in [0.4, 0.5) is 0 Å². The number of carbonyl (C=O) groups is 2. The minimum atomic E-state index is -0.482. The molecule has 2 atom stereocenters. The Bertz CT molecular complexity index is 489. The smallest absolute Gasteiger partial charge is 0.253 e. The molecule has 2 unspecified atom stereocenters. The Morgan fingerprint density at radius 2 is 1.77 bits per heavy atom. The van der Waals surface area contributed by atoms with Gasteiger partial charge in [-0.2, -0.15) is 0 Å². The number of halogens is 1. The van der Waals surface area contributed by atoms with E-state index in [0.29, 0.717) is 12.1 Å². The minimum Gasteiger partial charge on any atom is -0.351 e. The predicted octanol–water partition coefficient (Wildman–Crippen LogP) is 1.80. The second-order valence-corrected chi connectivity index (χ2v) is 5.53. The maximum atomic E-state index is 11.9. The quantitative estimate of drug-likeness (QED) is 0.836. The summed E-state index contributed by atoms with van der Waals surface area (Å²) in [6.45, 7) is 4.39. The molecule has 124 valence electrons. The molecule has 0 radical (unpaired) electrons. The number of carbonyl (C=O) groups excluding carboxylic acids is 2. The number of nitrogens with one attached hydrogen (secondary N) is 1. The topological polar surface area (TPSA) is 75.4 Å². The maximum absolute atomic E-state index is 11.9. The monoisotopic (exact) mass is 327 g/mol. The van der Waals surface area contributed by atoms with Gasteiger partial charge >= 0.3 is 0 Å². The second kappa shape index (κ2) is 9.43. The molecule has 5 nitrogen and oxygen atoms in total. The molecular weight excluding hydrogens is 302 g/mol. The van der Waals surface area contributed by atoms with E-state index in [-0.39, 0.29) is 30.1 Å². The fourth-order valence-electron chi connectivity index (χ4n) is 1.84. The zero-order chi connectivity index (χ0) is 16.0. The molecule has 0 aliphatic rings. The maximum Gasteiger partial charge on any atom is 0.253 e. The Morgan fingerprint density at radius 3 is 2.23 bits per heavy atom. The van der Waals surface area contributed by atoms with Gasteiger partial charge in [-0.05, 0) is 23.6 Å². The molecule has 0 spiro atoms. The number of rotatable bonds is 6. The molecular formula is C16H26ClN3O2. The van der Waals surface area contributed by atoms with Crippen molar-refractivity contribution in [1.29, 1.82) is 0 Å². The van der Waals surface area contributed by atoms with E-state index >= 15 is 0 Å². The van der Waals surface area contributed by atoms with Crippen LogP contribution in [0.2, 0.25) is 0 Å². The van der Waals surface area contributed by atoms with Crippen molar-refractivity contribution in [2.24, 2.45) is 11.7 Å². The predicted molar refractivity (Wildman–Crippen MR) is 91.0 cm³/mol. The van der Waals surface area contributed by atoms with E-state index in [1.54, 1.807) is 26.2 Å². The average Bonchev–Trinajstić information content (AvgIpc) is 2.50. The van der Waals surface area contributed by atoms with Crippen LogP contribution in [0.1, 0.15) is 36.2 Å². The molecule has 3 N–H and O–H groups in total. The van der Waals surface area contributed by atoms with Crippen LogP contribution in [0.5, 0.6) is 0 Å². The lowest BCUT2D eigenvalue weighted by atomic mass is 9.99. The van der Waals surface area contributed by atoms with Crippen molar-refractivity contribution in [3.05, 3.63) is 35.4 Å². The minimum absolute atomic E-state index is 0. The second-order valence-electron chi connectivity index (χ2n) is 5.53. The Morgan fingerprint density at radius 1 is 1.23 bits per heavy atom. The highest BCUT2D eigenvalue weighted by atomic mass is 35.5. The van der Waals surface area contributed by atoms with Crippen LogP contribution < -0.4 is 11.1 Å². The number of hydrogen-bond acceptors (Lipinski definition) is 3. The molecule has 0 saturated heterocycles. The number of nitrogens with zero attached hydrogens (tertiary/aromatic N) is 1. The van der Waals surface area contributed by atoms with Gasteiger partial charge in [-0.25, -0.2) is 0 Å². The Hall–Kier alpha value is -1.59. The molecule has 0 bridgehead atoms. The first-order valence-corrected chi connectivity index (χ1v) is 7.20. The van der Waals surface area contributed by atoms with Crippen molar-refractivity contribution in [3.8, 4) is 0 Å². The summed E-state index contributed by atoms with van der Waals surface area (Å²) in [6, 6.07) is 6.72. The van der Waals surface area contributed by atoms with Crippen molar-refractivity contribution in [2.75, 3.05) is 14.1 Å². The molecule has 0 aliphatic carbocycles. The van der Waals surface area contributed by atoms with Crippen LogP contribution in [0.3, 0.4) is 0 Å². The summed E-state index contributed by atoms with van der Waals surface area (Å²) < 4.78 is 0. The molecule has 1 aromatic carbocycles. The van der Waals surface area contributed by atoms with Crippen LogP contribution in [0.25, 0.3) is 0 Å². The zero-order valence-electron chi connectivity index (χ0n) is 13.6. The molecule has 22 heavy (non-hydrogen) atoms. The molecule has 2 amide bonds. The van der Waals surface area contributed by atoms with Crippen molar-refractivity contribution in [1.82, 2.24) is 10.2 Å². The molecule has 0 fully saturated rings. The fraction of sp³-hybridized carbons (Fsp3) is 0.500. The summed E-state index contributed by atoms with van der Waals surface area (Å²) in [5.41, 5.74) is 7.44. The summed E-state index contributed by atoms with van der Waals surface area (Å²) in [4.78, 5) is 25.2. The van der Waals surface area contributed by atoms with E-state index in [1.807, 2.05) is 26.0 Å². The van der Waals surface area contributed by atoms with E-state index in [2.05, 4.69) is 5.32 Å². The third-order valence-corrected chi connectivity index (χ3v) is 3.63. The molecule has 1 rings (SSSR count). The summed E-state index contributed by atoms with van der Waals surface area (Å²) >= 11 is 0. The summed E-state index contributed by atoms with van der Waals surface area (Å²) in [5, 5.41) is 2.83. The van der Waals surface area contributed by atoms with Crippen LogP contribution in [-0.2, 0) is 11.3 Å². The van der Waals surface area contributed by atoms with Gasteiger partial charge in [-0.3, -0.25) is 9.59 Å². The highest BCUT2D eigenvalue weighted by molar-refractivity contribution is 5.93. The Kier molecular flexibility index (Phi) is 8.75. The SMILES string of the molecule is CCC(C)C(N)C(=O)NCc1ccc(C(=O)N(C)C)cc1.Cl. The highest BCUT2D eigenvalue weighted by Crippen LogP contribution is 2.08. The number of nitrogens with two attached hydrogens (primary N) is 1. The third-order valence-electron chi connectivity index (χ3n) is 3.63. The van der Waals surface area contributed by atoms with Gasteiger partial charge in [-0.15, -0.1) is 12.4 Å². The first-order chi connectivity index (χ1) is 9.86. The number of hydrogen-bond donors (Lipinski definition) is 2. The van der Waals surface area contributed by atoms with Crippen LogP contribution in [0.15, 0.2) is 24.3 Å². The van der Waals surface area contributed by atoms with Crippen molar-refractivity contribution >= 4 is 24.2 Å². The van der Waals surface area contributed by atoms with Crippen LogP contribution in [-0.4, -0.2) is 36.9 Å². The first kappa shape index (κ1) is 20.4.